The molecule has 0 unspecified atom stereocenters. The smallest absolute Gasteiger partial charge is 0.265 e. The lowest BCUT2D eigenvalue weighted by Gasteiger charge is -2.29. The lowest BCUT2D eigenvalue weighted by Crippen LogP contribution is -2.41. The van der Waals surface area contributed by atoms with Gasteiger partial charge in [0, 0.05) is 5.56 Å². The first-order valence-electron chi connectivity index (χ1n) is 7.93. The number of hydrogen-bond donors (Lipinski definition) is 0. The summed E-state index contributed by atoms with van der Waals surface area (Å²) in [7, 11) is 1.60. The molecule has 0 aliphatic carbocycles. The van der Waals surface area contributed by atoms with Crippen LogP contribution in [0.5, 0.6) is 17.2 Å². The minimum Gasteiger partial charge on any atom is -0.497 e. The summed E-state index contributed by atoms with van der Waals surface area (Å²) in [5.74, 6) is 1.82. The van der Waals surface area contributed by atoms with Crippen molar-refractivity contribution in [1.82, 2.24) is 0 Å². The number of amides is 1. The maximum atomic E-state index is 12.2. The van der Waals surface area contributed by atoms with E-state index in [9.17, 15) is 9.59 Å². The monoisotopic (exact) mass is 341 g/mol. The molecule has 0 N–H and O–H groups in total. The highest BCUT2D eigenvalue weighted by molar-refractivity contribution is 6.01. The molecule has 1 aliphatic heterocycles. The second-order valence-electron chi connectivity index (χ2n) is 5.60. The summed E-state index contributed by atoms with van der Waals surface area (Å²) in [4.78, 5) is 25.4. The van der Waals surface area contributed by atoms with Crippen LogP contribution in [0.2, 0.25) is 0 Å². The van der Waals surface area contributed by atoms with E-state index in [1.165, 1.54) is 6.92 Å². The Kier molecular flexibility index (Phi) is 4.88. The number of benzene rings is 2. The van der Waals surface area contributed by atoms with Crippen molar-refractivity contribution in [2.45, 2.75) is 6.92 Å². The topological polar surface area (TPSA) is 65.1 Å². The number of nitrogens with zero attached hydrogens (tertiary/aromatic N) is 1. The Balaban J connectivity index is 1.70. The van der Waals surface area contributed by atoms with E-state index < -0.39 is 0 Å². The molecule has 6 nitrogen and oxygen atoms in total. The van der Waals surface area contributed by atoms with Crippen molar-refractivity contribution in [3.8, 4) is 17.2 Å². The van der Waals surface area contributed by atoms with Crippen LogP contribution in [-0.4, -0.2) is 38.6 Å². The van der Waals surface area contributed by atoms with Crippen molar-refractivity contribution in [3.05, 3.63) is 48.0 Å². The molecule has 130 valence electrons. The minimum absolute atomic E-state index is 0.0189. The normalized spacial score (nSPS) is 13.0. The van der Waals surface area contributed by atoms with Crippen LogP contribution in [0.1, 0.15) is 17.3 Å². The molecule has 6 heteroatoms. The summed E-state index contributed by atoms with van der Waals surface area (Å²) in [5.41, 5.74) is 1.14. The van der Waals surface area contributed by atoms with E-state index in [1.54, 1.807) is 30.2 Å². The molecular formula is C19H19NO5. The first-order chi connectivity index (χ1) is 12.1. The minimum atomic E-state index is -0.161. The van der Waals surface area contributed by atoms with Crippen LogP contribution in [0.25, 0.3) is 0 Å². The maximum absolute atomic E-state index is 12.2. The second kappa shape index (κ2) is 7.25. The highest BCUT2D eigenvalue weighted by Crippen LogP contribution is 2.33. The average molecular weight is 341 g/mol. The van der Waals surface area contributed by atoms with E-state index in [2.05, 4.69) is 0 Å². The molecule has 0 saturated heterocycles. The predicted molar refractivity (Wildman–Crippen MR) is 92.8 cm³/mol. The standard InChI is InChI=1S/C19H19NO5/c1-13(21)14-3-8-18-17(11-14)20(19(22)12-25-18)9-10-24-16-6-4-15(23-2)5-7-16/h3-8,11H,9-10,12H2,1-2H3. The van der Waals surface area contributed by atoms with Gasteiger partial charge in [-0.25, -0.2) is 0 Å². The summed E-state index contributed by atoms with van der Waals surface area (Å²) >= 11 is 0. The van der Waals surface area contributed by atoms with Crippen LogP contribution >= 0.6 is 0 Å². The average Bonchev–Trinajstić information content (AvgIpc) is 2.63. The molecule has 2 aromatic carbocycles. The van der Waals surface area contributed by atoms with Gasteiger partial charge in [0.05, 0.1) is 19.3 Å². The number of ether oxygens (including phenoxy) is 3. The number of Topliss-reactive ketones (excluding diaryl/α,β-unsaturated/α-hetero) is 1. The first kappa shape index (κ1) is 16.8. The van der Waals surface area contributed by atoms with Crippen molar-refractivity contribution in [1.29, 1.82) is 0 Å². The predicted octanol–water partition coefficient (Wildman–Crippen LogP) is 2.70. The van der Waals surface area contributed by atoms with Gasteiger partial charge in [0.2, 0.25) is 0 Å². The Labute approximate surface area is 145 Å². The number of carbonyl (C=O) groups excluding carboxylic acids is 2. The van der Waals surface area contributed by atoms with Crippen molar-refractivity contribution in [2.24, 2.45) is 0 Å². The molecule has 3 rings (SSSR count). The van der Waals surface area contributed by atoms with Gasteiger partial charge in [-0.15, -0.1) is 0 Å². The molecule has 1 heterocycles. The molecule has 0 bridgehead atoms. The Bertz CT molecular complexity index is 785. The van der Waals surface area contributed by atoms with Gasteiger partial charge in [0.1, 0.15) is 23.9 Å². The molecule has 0 radical (unpaired) electrons. The Morgan fingerprint density at radius 3 is 2.56 bits per heavy atom. The van der Waals surface area contributed by atoms with Crippen LogP contribution in [-0.2, 0) is 4.79 Å². The number of fused-ring (bicyclic) bond motifs is 1. The second-order valence-corrected chi connectivity index (χ2v) is 5.60. The van der Waals surface area contributed by atoms with Crippen molar-refractivity contribution in [3.63, 3.8) is 0 Å². The van der Waals surface area contributed by atoms with Gasteiger partial charge >= 0.3 is 0 Å². The van der Waals surface area contributed by atoms with E-state index in [0.717, 1.165) is 5.75 Å². The molecule has 25 heavy (non-hydrogen) atoms. The fourth-order valence-electron chi connectivity index (χ4n) is 2.59. The SMILES string of the molecule is COc1ccc(OCCN2C(=O)COc3ccc(C(C)=O)cc32)cc1. The van der Waals surface area contributed by atoms with Gasteiger partial charge in [-0.1, -0.05) is 0 Å². The summed E-state index contributed by atoms with van der Waals surface area (Å²) in [6.07, 6.45) is 0. The Hall–Kier alpha value is -3.02. The van der Waals surface area contributed by atoms with Crippen molar-refractivity contribution >= 4 is 17.4 Å². The van der Waals surface area contributed by atoms with Gasteiger partial charge in [-0.05, 0) is 49.4 Å². The van der Waals surface area contributed by atoms with Crippen LogP contribution in [0.4, 0.5) is 5.69 Å². The van der Waals surface area contributed by atoms with Gasteiger partial charge < -0.3 is 19.1 Å². The van der Waals surface area contributed by atoms with Crippen molar-refractivity contribution in [2.75, 3.05) is 31.8 Å². The van der Waals surface area contributed by atoms with Crippen LogP contribution in [0.3, 0.4) is 0 Å². The van der Waals surface area contributed by atoms with E-state index >= 15 is 0 Å². The summed E-state index contributed by atoms with van der Waals surface area (Å²) in [5, 5.41) is 0. The lowest BCUT2D eigenvalue weighted by molar-refractivity contribution is -0.121. The maximum Gasteiger partial charge on any atom is 0.265 e. The molecule has 1 amide bonds. The first-order valence-corrected chi connectivity index (χ1v) is 7.93. The fraction of sp³-hybridized carbons (Fsp3) is 0.263. The number of methoxy groups -OCH3 is 1. The third-order valence-corrected chi connectivity index (χ3v) is 3.95. The molecule has 0 saturated carbocycles. The van der Waals surface area contributed by atoms with Gasteiger partial charge in [0.25, 0.3) is 5.91 Å². The van der Waals surface area contributed by atoms with E-state index in [-0.39, 0.29) is 18.3 Å². The van der Waals surface area contributed by atoms with E-state index in [4.69, 9.17) is 14.2 Å². The number of ketones is 1. The molecule has 0 aromatic heterocycles. The van der Waals surface area contributed by atoms with Gasteiger partial charge in [-0.3, -0.25) is 9.59 Å². The molecular weight excluding hydrogens is 322 g/mol. The summed E-state index contributed by atoms with van der Waals surface area (Å²) in [6.45, 7) is 2.16. The Morgan fingerprint density at radius 2 is 1.88 bits per heavy atom. The zero-order valence-electron chi connectivity index (χ0n) is 14.2. The molecule has 0 atom stereocenters. The quantitative estimate of drug-likeness (QED) is 0.756. The number of rotatable bonds is 6. The molecule has 1 aliphatic rings. The van der Waals surface area contributed by atoms with E-state index in [0.29, 0.717) is 35.9 Å². The zero-order chi connectivity index (χ0) is 17.8. The molecule has 0 spiro atoms. The zero-order valence-corrected chi connectivity index (χ0v) is 14.2. The highest BCUT2D eigenvalue weighted by Gasteiger charge is 2.26. The number of hydrogen-bond acceptors (Lipinski definition) is 5. The van der Waals surface area contributed by atoms with E-state index in [1.807, 2.05) is 24.3 Å². The highest BCUT2D eigenvalue weighted by atomic mass is 16.5. The lowest BCUT2D eigenvalue weighted by atomic mass is 10.1. The third kappa shape index (κ3) is 3.74. The Morgan fingerprint density at radius 1 is 1.16 bits per heavy atom. The summed E-state index contributed by atoms with van der Waals surface area (Å²) < 4.78 is 16.2. The molecule has 2 aromatic rings. The van der Waals surface area contributed by atoms with Gasteiger partial charge in [-0.2, -0.15) is 0 Å². The van der Waals surface area contributed by atoms with Gasteiger partial charge in [0.15, 0.2) is 12.4 Å². The van der Waals surface area contributed by atoms with Crippen LogP contribution in [0.15, 0.2) is 42.5 Å². The third-order valence-electron chi connectivity index (χ3n) is 3.95. The number of carbonyl (C=O) groups is 2. The molecule has 0 fully saturated rings. The van der Waals surface area contributed by atoms with Crippen LogP contribution < -0.4 is 19.1 Å². The number of anilines is 1. The van der Waals surface area contributed by atoms with Crippen LogP contribution in [0, 0.1) is 0 Å². The summed E-state index contributed by atoms with van der Waals surface area (Å²) in [6, 6.07) is 12.3. The fourth-order valence-corrected chi connectivity index (χ4v) is 2.59. The van der Waals surface area contributed by atoms with Crippen molar-refractivity contribution < 1.29 is 23.8 Å². The largest absolute Gasteiger partial charge is 0.497 e.